The molecule has 40 heavy (non-hydrogen) atoms. The number of hydrogen-bond donors (Lipinski definition) is 1. The third kappa shape index (κ3) is 7.08. The van der Waals surface area contributed by atoms with Crippen LogP contribution in [0, 0.1) is 0 Å². The lowest BCUT2D eigenvalue weighted by atomic mass is 10.0. The van der Waals surface area contributed by atoms with Gasteiger partial charge in [-0.1, -0.05) is 84.4 Å². The highest BCUT2D eigenvalue weighted by Gasteiger charge is 2.32. The van der Waals surface area contributed by atoms with Gasteiger partial charge in [-0.15, -0.1) is 0 Å². The molecule has 0 spiro atoms. The molecule has 1 fully saturated rings. The van der Waals surface area contributed by atoms with Gasteiger partial charge < -0.3 is 19.9 Å². The molecular weight excluding hydrogens is 522 g/mol. The van der Waals surface area contributed by atoms with Crippen LogP contribution in [0.2, 0.25) is 5.02 Å². The third-order valence-electron chi connectivity index (χ3n) is 6.97. The lowest BCUT2D eigenvalue weighted by Crippen LogP contribution is -2.41. The molecule has 6 nitrogen and oxygen atoms in total. The predicted octanol–water partition coefficient (Wildman–Crippen LogP) is 6.13. The van der Waals surface area contributed by atoms with E-state index in [1.165, 1.54) is 0 Å². The van der Waals surface area contributed by atoms with E-state index in [0.29, 0.717) is 29.5 Å². The van der Waals surface area contributed by atoms with Crippen LogP contribution < -0.4 is 10.2 Å². The Morgan fingerprint density at radius 2 is 1.40 bits per heavy atom. The maximum atomic E-state index is 14.0. The summed E-state index contributed by atoms with van der Waals surface area (Å²) in [5.41, 5.74) is 4.25. The van der Waals surface area contributed by atoms with Crippen molar-refractivity contribution in [2.75, 3.05) is 36.5 Å². The number of nitrogens with zero attached hydrogens (tertiary/aromatic N) is 2. The number of benzene rings is 4. The second-order valence-electron chi connectivity index (χ2n) is 9.76. The van der Waals surface area contributed by atoms with E-state index >= 15 is 0 Å². The molecule has 2 amide bonds. The first-order valence-electron chi connectivity index (χ1n) is 13.4. The minimum atomic E-state index is -0.868. The van der Waals surface area contributed by atoms with Gasteiger partial charge in [0.15, 0.2) is 0 Å². The number of halogens is 1. The van der Waals surface area contributed by atoms with Gasteiger partial charge in [0.2, 0.25) is 5.91 Å². The zero-order valence-electron chi connectivity index (χ0n) is 22.2. The van der Waals surface area contributed by atoms with E-state index in [1.807, 2.05) is 97.1 Å². The van der Waals surface area contributed by atoms with Crippen molar-refractivity contribution < 1.29 is 14.3 Å². The molecular formula is C33H32ClN3O3. The number of rotatable bonds is 9. The Morgan fingerprint density at radius 1 is 0.800 bits per heavy atom. The van der Waals surface area contributed by atoms with Crippen LogP contribution in [0.4, 0.5) is 11.4 Å². The number of ether oxygens (including phenoxy) is 1. The van der Waals surface area contributed by atoms with Crippen LogP contribution in [0.25, 0.3) is 0 Å². The molecule has 0 radical (unpaired) electrons. The molecule has 0 saturated carbocycles. The summed E-state index contributed by atoms with van der Waals surface area (Å²) >= 11 is 6.19. The van der Waals surface area contributed by atoms with Gasteiger partial charge in [0, 0.05) is 36.0 Å². The number of amides is 2. The van der Waals surface area contributed by atoms with Gasteiger partial charge in [-0.2, -0.15) is 0 Å². The summed E-state index contributed by atoms with van der Waals surface area (Å²) in [5.74, 6) is -0.438. The molecule has 0 aliphatic carbocycles. The maximum absolute atomic E-state index is 14.0. The van der Waals surface area contributed by atoms with E-state index < -0.39 is 6.04 Å². The fourth-order valence-electron chi connectivity index (χ4n) is 4.88. The lowest BCUT2D eigenvalue weighted by Gasteiger charge is -2.32. The molecule has 4 aromatic rings. The first kappa shape index (κ1) is 27.4. The summed E-state index contributed by atoms with van der Waals surface area (Å²) in [5, 5.41) is 3.62. The Kier molecular flexibility index (Phi) is 9.11. The van der Waals surface area contributed by atoms with Crippen molar-refractivity contribution in [1.29, 1.82) is 0 Å². The second-order valence-corrected chi connectivity index (χ2v) is 10.2. The zero-order valence-corrected chi connectivity index (χ0v) is 23.0. The fourth-order valence-corrected chi connectivity index (χ4v) is 5.01. The topological polar surface area (TPSA) is 61.9 Å². The summed E-state index contributed by atoms with van der Waals surface area (Å²) in [7, 11) is 0. The van der Waals surface area contributed by atoms with Crippen molar-refractivity contribution in [3.8, 4) is 0 Å². The van der Waals surface area contributed by atoms with Gasteiger partial charge in [0.1, 0.15) is 6.04 Å². The van der Waals surface area contributed by atoms with E-state index in [-0.39, 0.29) is 24.8 Å². The van der Waals surface area contributed by atoms with Crippen molar-refractivity contribution in [1.82, 2.24) is 4.90 Å². The van der Waals surface area contributed by atoms with Crippen LogP contribution >= 0.6 is 11.6 Å². The fraction of sp³-hybridized carbons (Fsp3) is 0.212. The zero-order chi connectivity index (χ0) is 27.7. The van der Waals surface area contributed by atoms with Gasteiger partial charge in [0.25, 0.3) is 5.91 Å². The Balaban J connectivity index is 1.45. The van der Waals surface area contributed by atoms with Crippen molar-refractivity contribution >= 4 is 34.8 Å². The van der Waals surface area contributed by atoms with Crippen molar-refractivity contribution in [2.24, 2.45) is 0 Å². The second kappa shape index (κ2) is 13.3. The minimum Gasteiger partial charge on any atom is -0.378 e. The molecule has 7 heteroatoms. The smallest absolute Gasteiger partial charge is 0.251 e. The first-order chi connectivity index (χ1) is 19.6. The van der Waals surface area contributed by atoms with Crippen molar-refractivity contribution in [2.45, 2.75) is 19.0 Å². The van der Waals surface area contributed by atoms with Gasteiger partial charge in [0.05, 0.1) is 19.6 Å². The van der Waals surface area contributed by atoms with Crippen LogP contribution in [-0.2, 0) is 27.3 Å². The molecule has 1 N–H and O–H groups in total. The number of hydrogen-bond acceptors (Lipinski definition) is 4. The Labute approximate surface area is 240 Å². The number of nitrogens with one attached hydrogen (secondary N) is 1. The van der Waals surface area contributed by atoms with E-state index in [2.05, 4.69) is 10.2 Å². The van der Waals surface area contributed by atoms with Gasteiger partial charge in [-0.25, -0.2) is 0 Å². The standard InChI is InChI=1S/C33H32ClN3O3/c34-28-13-11-27(12-14-28)32(33(39)35-29-15-17-30(18-16-29)36-19-21-40-22-20-36)37(24-26-9-5-2-6-10-26)31(38)23-25-7-3-1-4-8-25/h1-18,32H,19-24H2,(H,35,39). The predicted molar refractivity (Wildman–Crippen MR) is 159 cm³/mol. The van der Waals surface area contributed by atoms with Crippen LogP contribution in [0.3, 0.4) is 0 Å². The molecule has 1 atom stereocenters. The summed E-state index contributed by atoms with van der Waals surface area (Å²) in [6, 6.07) is 33.3. The van der Waals surface area contributed by atoms with Crippen LogP contribution in [0.5, 0.6) is 0 Å². The van der Waals surface area contributed by atoms with Gasteiger partial charge >= 0.3 is 0 Å². The molecule has 1 heterocycles. The molecule has 0 bridgehead atoms. The SMILES string of the molecule is O=C(Nc1ccc(N2CCOCC2)cc1)C(c1ccc(Cl)cc1)N(Cc1ccccc1)C(=O)Cc1ccccc1. The van der Waals surface area contributed by atoms with Crippen molar-refractivity contribution in [3.05, 3.63) is 131 Å². The first-order valence-corrected chi connectivity index (χ1v) is 13.8. The van der Waals surface area contributed by atoms with E-state index in [9.17, 15) is 9.59 Å². The molecule has 0 aromatic heterocycles. The highest BCUT2D eigenvalue weighted by Crippen LogP contribution is 2.28. The van der Waals surface area contributed by atoms with Crippen LogP contribution in [0.15, 0.2) is 109 Å². The highest BCUT2D eigenvalue weighted by atomic mass is 35.5. The minimum absolute atomic E-state index is 0.146. The average Bonchev–Trinajstić information content (AvgIpc) is 2.99. The largest absolute Gasteiger partial charge is 0.378 e. The van der Waals surface area contributed by atoms with Crippen LogP contribution in [-0.4, -0.2) is 43.0 Å². The molecule has 1 unspecified atom stereocenters. The number of morpholine rings is 1. The van der Waals surface area contributed by atoms with E-state index in [1.54, 1.807) is 17.0 Å². The maximum Gasteiger partial charge on any atom is 0.251 e. The van der Waals surface area contributed by atoms with Gasteiger partial charge in [-0.05, 0) is 53.1 Å². The Morgan fingerprint density at radius 3 is 2.02 bits per heavy atom. The molecule has 5 rings (SSSR count). The lowest BCUT2D eigenvalue weighted by molar-refractivity contribution is -0.139. The Bertz CT molecular complexity index is 1390. The summed E-state index contributed by atoms with van der Waals surface area (Å²) < 4.78 is 5.46. The third-order valence-corrected chi connectivity index (χ3v) is 7.22. The van der Waals surface area contributed by atoms with Crippen molar-refractivity contribution in [3.63, 3.8) is 0 Å². The quantitative estimate of drug-likeness (QED) is 0.271. The van der Waals surface area contributed by atoms with E-state index in [0.717, 1.165) is 29.9 Å². The molecule has 1 aliphatic heterocycles. The average molecular weight is 554 g/mol. The number of anilines is 2. The van der Waals surface area contributed by atoms with E-state index in [4.69, 9.17) is 16.3 Å². The summed E-state index contributed by atoms with van der Waals surface area (Å²) in [4.78, 5) is 31.8. The monoisotopic (exact) mass is 553 g/mol. The van der Waals surface area contributed by atoms with Crippen LogP contribution in [0.1, 0.15) is 22.7 Å². The van der Waals surface area contributed by atoms with Gasteiger partial charge in [-0.3, -0.25) is 9.59 Å². The molecule has 1 saturated heterocycles. The summed E-state index contributed by atoms with van der Waals surface area (Å²) in [6.07, 6.45) is 0.180. The number of carbonyl (C=O) groups is 2. The normalized spacial score (nSPS) is 13.9. The number of carbonyl (C=O) groups excluding carboxylic acids is 2. The molecule has 4 aromatic carbocycles. The molecule has 204 valence electrons. The summed E-state index contributed by atoms with van der Waals surface area (Å²) in [6.45, 7) is 3.36. The molecule has 1 aliphatic rings. The highest BCUT2D eigenvalue weighted by molar-refractivity contribution is 6.30. The Hall–Kier alpha value is -4.13.